The maximum absolute atomic E-state index is 12.8. The smallest absolute Gasteiger partial charge is 0.261 e. The summed E-state index contributed by atoms with van der Waals surface area (Å²) in [4.78, 5) is 28.1. The van der Waals surface area contributed by atoms with Crippen molar-refractivity contribution in [3.05, 3.63) is 80.7 Å². The van der Waals surface area contributed by atoms with Gasteiger partial charge in [-0.1, -0.05) is 30.3 Å². The molecule has 0 saturated carbocycles. The molecule has 1 unspecified atom stereocenters. The number of aliphatic hydroxyl groups is 1. The molecule has 168 valence electrons. The van der Waals surface area contributed by atoms with E-state index < -0.39 is 0 Å². The molecular weight excluding hydrogens is 484 g/mol. The van der Waals surface area contributed by atoms with Gasteiger partial charge in [0, 0.05) is 22.8 Å². The number of hydrogen-bond acceptors (Lipinski definition) is 6. The highest BCUT2D eigenvalue weighted by Gasteiger charge is 2.19. The molecule has 2 aromatic heterocycles. The average molecular weight is 507 g/mol. The summed E-state index contributed by atoms with van der Waals surface area (Å²) in [7, 11) is 0. The van der Waals surface area contributed by atoms with E-state index in [1.807, 2.05) is 42.5 Å². The molecule has 0 amide bonds. The lowest BCUT2D eigenvalue weighted by molar-refractivity contribution is 0.274. The Hall–Kier alpha value is -3.43. The van der Waals surface area contributed by atoms with Gasteiger partial charge in [0.2, 0.25) is 0 Å². The Labute approximate surface area is 198 Å². The maximum Gasteiger partial charge on any atom is 0.261 e. The molecule has 3 heterocycles. The van der Waals surface area contributed by atoms with Gasteiger partial charge in [-0.25, -0.2) is 4.98 Å². The summed E-state index contributed by atoms with van der Waals surface area (Å²) in [5, 5.41) is 16.6. The monoisotopic (exact) mass is 506 g/mol. The van der Waals surface area contributed by atoms with E-state index in [0.29, 0.717) is 23.5 Å². The third kappa shape index (κ3) is 4.42. The second-order valence-electron chi connectivity index (χ2n) is 7.91. The zero-order chi connectivity index (χ0) is 22.8. The Morgan fingerprint density at radius 1 is 1.18 bits per heavy atom. The highest BCUT2D eigenvalue weighted by molar-refractivity contribution is 9.10. The van der Waals surface area contributed by atoms with E-state index in [1.54, 1.807) is 12.3 Å². The molecule has 4 aromatic rings. The lowest BCUT2D eigenvalue weighted by atomic mass is 10.1. The minimum atomic E-state index is -0.270. The first-order valence-electron chi connectivity index (χ1n) is 10.7. The molecule has 0 bridgehead atoms. The zero-order valence-corrected chi connectivity index (χ0v) is 19.3. The number of hydrogen-bond donors (Lipinski definition) is 5. The number of halogens is 1. The zero-order valence-electron chi connectivity index (χ0n) is 17.7. The lowest BCUT2D eigenvalue weighted by Gasteiger charge is -2.19. The molecule has 5 rings (SSSR count). The minimum Gasteiger partial charge on any atom is -0.394 e. The summed E-state index contributed by atoms with van der Waals surface area (Å²) < 4.78 is 0.813. The Morgan fingerprint density at radius 3 is 2.79 bits per heavy atom. The number of rotatable bonds is 7. The predicted molar refractivity (Wildman–Crippen MR) is 134 cm³/mol. The highest BCUT2D eigenvalue weighted by atomic mass is 79.9. The molecule has 1 aliphatic rings. The van der Waals surface area contributed by atoms with E-state index in [-0.39, 0.29) is 18.2 Å². The third-order valence-corrected chi connectivity index (χ3v) is 6.19. The predicted octanol–water partition coefficient (Wildman–Crippen LogP) is 3.05. The number of fused-ring (bicyclic) bond motifs is 1. The van der Waals surface area contributed by atoms with Gasteiger partial charge < -0.3 is 25.7 Å². The highest BCUT2D eigenvalue weighted by Crippen LogP contribution is 2.30. The summed E-state index contributed by atoms with van der Waals surface area (Å²) in [5.41, 5.74) is 4.29. The van der Waals surface area contributed by atoms with Gasteiger partial charge in [0.15, 0.2) is 0 Å². The van der Waals surface area contributed by atoms with Crippen LogP contribution >= 0.6 is 15.9 Å². The van der Waals surface area contributed by atoms with Gasteiger partial charge in [-0.3, -0.25) is 9.79 Å². The van der Waals surface area contributed by atoms with Crippen molar-refractivity contribution < 1.29 is 5.11 Å². The molecule has 1 atom stereocenters. The number of pyridine rings is 1. The number of aliphatic hydroxyl groups excluding tert-OH is 1. The largest absolute Gasteiger partial charge is 0.394 e. The molecule has 33 heavy (non-hydrogen) atoms. The number of aliphatic imine (C=N–C) groups is 1. The van der Waals surface area contributed by atoms with Crippen LogP contribution in [0.1, 0.15) is 11.1 Å². The third-order valence-electron chi connectivity index (χ3n) is 5.59. The van der Waals surface area contributed by atoms with Gasteiger partial charge in [0.25, 0.3) is 5.56 Å². The van der Waals surface area contributed by atoms with E-state index in [2.05, 4.69) is 41.5 Å². The first kappa shape index (κ1) is 21.4. The molecule has 0 radical (unpaired) electrons. The SMILES string of the molecule is O=c1[nH]ccc(NC(CO)Cc2ccccc2)c1-c1nc2c(Br)cc(C3=NCCN3)cc2[nH]1. The number of amidine groups is 1. The molecule has 0 fully saturated rings. The molecule has 0 saturated heterocycles. The van der Waals surface area contributed by atoms with Crippen molar-refractivity contribution in [2.45, 2.75) is 12.5 Å². The van der Waals surface area contributed by atoms with Gasteiger partial charge in [0.05, 0.1) is 30.4 Å². The summed E-state index contributed by atoms with van der Waals surface area (Å²) in [6, 6.07) is 15.4. The number of imidazole rings is 1. The van der Waals surface area contributed by atoms with Crippen LogP contribution in [0.3, 0.4) is 0 Å². The van der Waals surface area contributed by atoms with Crippen LogP contribution in [0.4, 0.5) is 5.69 Å². The van der Waals surface area contributed by atoms with Gasteiger partial charge in [-0.2, -0.15) is 0 Å². The summed E-state index contributed by atoms with van der Waals surface area (Å²) in [6.45, 7) is 1.50. The summed E-state index contributed by atoms with van der Waals surface area (Å²) >= 11 is 3.61. The van der Waals surface area contributed by atoms with E-state index in [9.17, 15) is 9.90 Å². The van der Waals surface area contributed by atoms with Crippen LogP contribution < -0.4 is 16.2 Å². The fourth-order valence-electron chi connectivity index (χ4n) is 4.04. The Kier molecular flexibility index (Phi) is 5.97. The first-order valence-corrected chi connectivity index (χ1v) is 11.5. The molecule has 5 N–H and O–H groups in total. The van der Waals surface area contributed by atoms with Crippen LogP contribution in [0, 0.1) is 0 Å². The van der Waals surface area contributed by atoms with Crippen LogP contribution in [0.15, 0.2) is 69.0 Å². The number of aromatic amines is 2. The van der Waals surface area contributed by atoms with E-state index in [4.69, 9.17) is 4.98 Å². The van der Waals surface area contributed by atoms with Crippen molar-refractivity contribution in [1.82, 2.24) is 20.3 Å². The van der Waals surface area contributed by atoms with Gasteiger partial charge in [-0.05, 0) is 46.1 Å². The number of anilines is 1. The second kappa shape index (κ2) is 9.21. The minimum absolute atomic E-state index is 0.0781. The number of benzene rings is 2. The average Bonchev–Trinajstić information content (AvgIpc) is 3.50. The number of aromatic nitrogens is 3. The van der Waals surface area contributed by atoms with Gasteiger partial charge >= 0.3 is 0 Å². The molecule has 8 nitrogen and oxygen atoms in total. The van der Waals surface area contributed by atoms with Crippen LogP contribution in [0.5, 0.6) is 0 Å². The van der Waals surface area contributed by atoms with Crippen molar-refractivity contribution in [2.24, 2.45) is 4.99 Å². The number of H-pyrrole nitrogens is 2. The van der Waals surface area contributed by atoms with Crippen molar-refractivity contribution in [3.63, 3.8) is 0 Å². The molecule has 0 spiro atoms. The summed E-state index contributed by atoms with van der Waals surface area (Å²) in [6.07, 6.45) is 2.21. The Bertz CT molecular complexity index is 1380. The van der Waals surface area contributed by atoms with Crippen LogP contribution in [0.2, 0.25) is 0 Å². The van der Waals surface area contributed by atoms with Crippen molar-refractivity contribution in [2.75, 3.05) is 25.0 Å². The first-order chi connectivity index (χ1) is 16.1. The number of nitrogens with one attached hydrogen (secondary N) is 4. The Balaban J connectivity index is 1.51. The quantitative estimate of drug-likeness (QED) is 0.264. The fraction of sp³-hybridized carbons (Fsp3) is 0.208. The fourth-order valence-corrected chi connectivity index (χ4v) is 4.58. The molecule has 1 aliphatic heterocycles. The van der Waals surface area contributed by atoms with E-state index >= 15 is 0 Å². The standard InChI is InChI=1S/C24H23BrN6O2/c25-17-11-15(22-26-8-9-27-22)12-19-21(17)31-23(30-19)20-18(6-7-28-24(20)33)29-16(13-32)10-14-4-2-1-3-5-14/h1-7,11-12,16,32H,8-10,13H2,(H,26,27)(H,30,31)(H2,28,29,33). The van der Waals surface area contributed by atoms with Crippen molar-refractivity contribution >= 4 is 38.5 Å². The molecule has 0 aliphatic carbocycles. The molecular formula is C24H23BrN6O2. The van der Waals surface area contributed by atoms with E-state index in [0.717, 1.165) is 45.6 Å². The van der Waals surface area contributed by atoms with Crippen LogP contribution in [-0.2, 0) is 6.42 Å². The second-order valence-corrected chi connectivity index (χ2v) is 8.76. The summed E-state index contributed by atoms with van der Waals surface area (Å²) in [5.74, 6) is 1.30. The molecule has 2 aromatic carbocycles. The Morgan fingerprint density at radius 2 is 2.03 bits per heavy atom. The van der Waals surface area contributed by atoms with Gasteiger partial charge in [0.1, 0.15) is 22.7 Å². The topological polar surface area (TPSA) is 118 Å². The van der Waals surface area contributed by atoms with Crippen molar-refractivity contribution in [3.8, 4) is 11.4 Å². The van der Waals surface area contributed by atoms with Crippen LogP contribution in [-0.4, -0.2) is 51.6 Å². The van der Waals surface area contributed by atoms with Crippen LogP contribution in [0.25, 0.3) is 22.4 Å². The molecule has 9 heteroatoms. The normalized spacial score (nSPS) is 14.2. The van der Waals surface area contributed by atoms with E-state index in [1.165, 1.54) is 0 Å². The lowest BCUT2D eigenvalue weighted by Crippen LogP contribution is -2.28. The number of nitrogens with zero attached hydrogens (tertiary/aromatic N) is 2. The van der Waals surface area contributed by atoms with Crippen molar-refractivity contribution in [1.29, 1.82) is 0 Å². The van der Waals surface area contributed by atoms with Gasteiger partial charge in [-0.15, -0.1) is 0 Å². The maximum atomic E-state index is 12.8.